The summed E-state index contributed by atoms with van der Waals surface area (Å²) in [6.45, 7) is -0.423. The van der Waals surface area contributed by atoms with Crippen LogP contribution >= 0.6 is 0 Å². The predicted octanol–water partition coefficient (Wildman–Crippen LogP) is 10.4. The number of hydrogen-bond donors (Lipinski definition) is 0. The summed E-state index contributed by atoms with van der Waals surface area (Å²) in [5, 5.41) is 4.50. The molecule has 68 heavy (non-hydrogen) atoms. The van der Waals surface area contributed by atoms with Crippen LogP contribution in [0, 0.1) is 0 Å². The number of ether oxygens (including phenoxy) is 4. The lowest BCUT2D eigenvalue weighted by Crippen LogP contribution is -2.58. The molecule has 0 amide bonds. The molecule has 0 aliphatic carbocycles. The highest BCUT2D eigenvalue weighted by atomic mass is 16.5. The van der Waals surface area contributed by atoms with Gasteiger partial charge in [0.15, 0.2) is 5.82 Å². The maximum Gasteiger partial charge on any atom is 0.262 e. The van der Waals surface area contributed by atoms with E-state index >= 15 is 0 Å². The van der Waals surface area contributed by atoms with E-state index in [2.05, 4.69) is 191 Å². The lowest BCUT2D eigenvalue weighted by Gasteiger charge is -2.37. The second-order valence-electron chi connectivity index (χ2n) is 18.0. The molecule has 0 saturated carbocycles. The second kappa shape index (κ2) is 13.3. The van der Waals surface area contributed by atoms with E-state index in [1.807, 2.05) is 18.2 Å². The van der Waals surface area contributed by atoms with E-state index in [1.165, 1.54) is 0 Å². The van der Waals surface area contributed by atoms with E-state index < -0.39 is 0 Å². The van der Waals surface area contributed by atoms with Crippen molar-refractivity contribution in [2.75, 3.05) is 0 Å². The molecular weight excluding hydrogens is 836 g/mol. The topological polar surface area (TPSA) is 59.7 Å². The first kappa shape index (κ1) is 36.3. The van der Waals surface area contributed by atoms with Crippen LogP contribution in [0.5, 0.6) is 46.1 Å². The third kappa shape index (κ3) is 4.71. The molecule has 0 radical (unpaired) electrons. The number of benzene rings is 9. The van der Waals surface area contributed by atoms with Gasteiger partial charge in [0.05, 0.1) is 38.9 Å². The number of aromatic nitrogens is 3. The Labute approximate surface area is 390 Å². The standard InChI is InChI=1S/C59H33B2N3O4/c1-9-25-42-34(17-1)35-18-2-10-26-43(35)63(42)46-33-51-54-56(66-48-30-14-6-22-39(48)60(54)38-21-5-13-29-47(38)65-51)52(46)53-57-55-59(62-58(53)64-44-27-11-3-19-36(44)37-20-4-12-28-45(37)64)68-50-32-16-8-24-41(50)61(55)40-23-7-15-31-49(40)67-57/h1-33H. The van der Waals surface area contributed by atoms with Crippen molar-refractivity contribution in [3.05, 3.63) is 200 Å². The normalized spacial score (nSPS) is 13.4. The number of hydrogen-bond acceptors (Lipinski definition) is 5. The minimum atomic E-state index is -0.233. The third-order valence-electron chi connectivity index (χ3n) is 14.6. The van der Waals surface area contributed by atoms with Crippen LogP contribution in [0.25, 0.3) is 66.2 Å². The minimum Gasteiger partial charge on any atom is -0.458 e. The number of nitrogens with zero attached hydrogens (tertiary/aromatic N) is 3. The monoisotopic (exact) mass is 869 g/mol. The van der Waals surface area contributed by atoms with Gasteiger partial charge in [-0.3, -0.25) is 4.57 Å². The molecular formula is C59H33B2N3O4. The van der Waals surface area contributed by atoms with Gasteiger partial charge >= 0.3 is 0 Å². The van der Waals surface area contributed by atoms with Gasteiger partial charge in [0.2, 0.25) is 5.88 Å². The van der Waals surface area contributed by atoms with Crippen LogP contribution in [0.15, 0.2) is 200 Å². The summed E-state index contributed by atoms with van der Waals surface area (Å²) in [6, 6.07) is 70.2. The lowest BCUT2D eigenvalue weighted by atomic mass is 9.34. The Bertz CT molecular complexity index is 3810. The predicted molar refractivity (Wildman–Crippen MR) is 274 cm³/mol. The van der Waals surface area contributed by atoms with Crippen molar-refractivity contribution in [2.24, 2.45) is 0 Å². The molecule has 0 saturated heterocycles. The molecule has 4 aliphatic heterocycles. The van der Waals surface area contributed by atoms with Gasteiger partial charge in [-0.15, -0.1) is 0 Å². The van der Waals surface area contributed by atoms with Gasteiger partial charge in [-0.25, -0.2) is 0 Å². The number of pyridine rings is 1. The van der Waals surface area contributed by atoms with Crippen LogP contribution in [-0.4, -0.2) is 27.5 Å². The fourth-order valence-electron chi connectivity index (χ4n) is 11.9. The highest BCUT2D eigenvalue weighted by molar-refractivity contribution is 6.99. The fourth-order valence-corrected chi connectivity index (χ4v) is 11.9. The summed E-state index contributed by atoms with van der Waals surface area (Å²) in [5.74, 6) is 6.41. The molecule has 0 atom stereocenters. The first-order chi connectivity index (χ1) is 33.8. The molecule has 7 nitrogen and oxygen atoms in total. The quantitative estimate of drug-likeness (QED) is 0.166. The van der Waals surface area contributed by atoms with Gasteiger partial charge in [0.25, 0.3) is 13.4 Å². The molecule has 0 N–H and O–H groups in total. The van der Waals surface area contributed by atoms with Crippen LogP contribution in [0.4, 0.5) is 0 Å². The van der Waals surface area contributed by atoms with E-state index in [1.54, 1.807) is 0 Å². The van der Waals surface area contributed by atoms with Crippen molar-refractivity contribution in [1.29, 1.82) is 0 Å². The first-order valence-electron chi connectivity index (χ1n) is 23.1. The maximum atomic E-state index is 7.53. The van der Waals surface area contributed by atoms with Crippen molar-refractivity contribution in [3.8, 4) is 68.8 Å². The highest BCUT2D eigenvalue weighted by Crippen LogP contribution is 2.53. The summed E-state index contributed by atoms with van der Waals surface area (Å²) in [7, 11) is 0. The van der Waals surface area contributed by atoms with Crippen molar-refractivity contribution in [2.45, 2.75) is 0 Å². The van der Waals surface area contributed by atoms with Crippen LogP contribution in [0.3, 0.4) is 0 Å². The summed E-state index contributed by atoms with van der Waals surface area (Å²) in [5.41, 5.74) is 12.7. The number of rotatable bonds is 3. The van der Waals surface area contributed by atoms with E-state index in [9.17, 15) is 0 Å². The Kier molecular flexibility index (Phi) is 7.12. The number of fused-ring (bicyclic) bond motifs is 14. The average Bonchev–Trinajstić information content (AvgIpc) is 3.91. The van der Waals surface area contributed by atoms with Crippen LogP contribution in [0.2, 0.25) is 0 Å². The SMILES string of the molecule is c1ccc2c(c1)Oc1cc(-n3c4ccccc4c4ccccc43)c(-c3c(-n4c5ccccc5c5ccccc54)nc4c5c3Oc3ccccc3B5c3ccccc3O4)c3c1B2c1ccccc1O3. The zero-order valence-electron chi connectivity index (χ0n) is 36.2. The van der Waals surface area contributed by atoms with E-state index in [4.69, 9.17) is 23.9 Å². The molecule has 7 heterocycles. The summed E-state index contributed by atoms with van der Waals surface area (Å²) < 4.78 is 33.8. The van der Waals surface area contributed by atoms with Gasteiger partial charge in [-0.2, -0.15) is 4.98 Å². The minimum absolute atomic E-state index is 0.191. The molecule has 16 rings (SSSR count). The van der Waals surface area contributed by atoms with E-state index in [0.717, 1.165) is 122 Å². The molecule has 12 aromatic rings. The van der Waals surface area contributed by atoms with Gasteiger partial charge < -0.3 is 23.5 Å². The fraction of sp³-hybridized carbons (Fsp3) is 0. The zero-order chi connectivity index (χ0) is 44.2. The van der Waals surface area contributed by atoms with Crippen molar-refractivity contribution < 1.29 is 18.9 Å². The van der Waals surface area contributed by atoms with E-state index in [0.29, 0.717) is 23.2 Å². The molecule has 4 aliphatic rings. The van der Waals surface area contributed by atoms with Gasteiger partial charge in [0.1, 0.15) is 40.2 Å². The molecule has 9 aromatic carbocycles. The molecule has 0 unspecified atom stereocenters. The molecule has 3 aromatic heterocycles. The van der Waals surface area contributed by atoms with Crippen LogP contribution in [-0.2, 0) is 0 Å². The Morgan fingerprint density at radius 1 is 0.338 bits per heavy atom. The average molecular weight is 870 g/mol. The van der Waals surface area contributed by atoms with Gasteiger partial charge in [0, 0.05) is 38.5 Å². The third-order valence-corrected chi connectivity index (χ3v) is 14.6. The summed E-state index contributed by atoms with van der Waals surface area (Å²) in [6.07, 6.45) is 0. The lowest BCUT2D eigenvalue weighted by molar-refractivity contribution is 0.449. The van der Waals surface area contributed by atoms with Crippen molar-refractivity contribution in [3.63, 3.8) is 0 Å². The van der Waals surface area contributed by atoms with Crippen molar-refractivity contribution >= 4 is 89.8 Å². The second-order valence-corrected chi connectivity index (χ2v) is 18.0. The smallest absolute Gasteiger partial charge is 0.262 e. The van der Waals surface area contributed by atoms with Crippen molar-refractivity contribution in [1.82, 2.24) is 14.1 Å². The summed E-state index contributed by atoms with van der Waals surface area (Å²) >= 11 is 0. The number of para-hydroxylation sites is 8. The van der Waals surface area contributed by atoms with Gasteiger partial charge in [-0.1, -0.05) is 146 Å². The highest BCUT2D eigenvalue weighted by Gasteiger charge is 2.47. The molecule has 314 valence electrons. The molecule has 9 heteroatoms. The maximum absolute atomic E-state index is 7.53. The Morgan fingerprint density at radius 2 is 0.721 bits per heavy atom. The first-order valence-corrected chi connectivity index (χ1v) is 23.1. The Morgan fingerprint density at radius 3 is 1.22 bits per heavy atom. The molecule has 0 spiro atoms. The molecule has 0 bridgehead atoms. The largest absolute Gasteiger partial charge is 0.458 e. The van der Waals surface area contributed by atoms with E-state index in [-0.39, 0.29) is 13.4 Å². The van der Waals surface area contributed by atoms with Crippen LogP contribution in [0.1, 0.15) is 0 Å². The molecule has 0 fully saturated rings. The van der Waals surface area contributed by atoms with Gasteiger partial charge in [-0.05, 0) is 70.4 Å². The Hall–Kier alpha value is -8.94. The zero-order valence-corrected chi connectivity index (χ0v) is 36.2. The summed E-state index contributed by atoms with van der Waals surface area (Å²) in [4.78, 5) is 5.81. The Balaban J connectivity index is 1.14. The van der Waals surface area contributed by atoms with Crippen LogP contribution < -0.4 is 51.7 Å².